The van der Waals surface area contributed by atoms with Crippen molar-refractivity contribution in [1.29, 1.82) is 0 Å². The lowest BCUT2D eigenvalue weighted by atomic mass is 10.0. The van der Waals surface area contributed by atoms with Gasteiger partial charge in [-0.25, -0.2) is 0 Å². The summed E-state index contributed by atoms with van der Waals surface area (Å²) < 4.78 is 0. The van der Waals surface area contributed by atoms with Crippen LogP contribution in [-0.4, -0.2) is 0 Å². The summed E-state index contributed by atoms with van der Waals surface area (Å²) in [4.78, 5) is 4.77. The van der Waals surface area contributed by atoms with Crippen molar-refractivity contribution in [2.45, 2.75) is 27.7 Å². The van der Waals surface area contributed by atoms with Gasteiger partial charge in [0.2, 0.25) is 0 Å². The minimum atomic E-state index is 1.13. The second-order valence-corrected chi connectivity index (χ2v) is 15.5. The molecule has 58 heavy (non-hydrogen) atoms. The smallest absolute Gasteiger partial charge is 0.0540 e. The Balaban J connectivity index is 0.964. The molecule has 0 aliphatic heterocycles. The monoisotopic (exact) mass is 746 g/mol. The molecule has 280 valence electrons. The van der Waals surface area contributed by atoms with Crippen LogP contribution in [0.15, 0.2) is 194 Å². The first kappa shape index (κ1) is 36.5. The summed E-state index contributed by atoms with van der Waals surface area (Å²) in [5, 5.41) is 4.92. The van der Waals surface area contributed by atoms with Gasteiger partial charge in [-0.2, -0.15) is 0 Å². The Morgan fingerprint density at radius 1 is 0.310 bits per heavy atom. The third-order valence-corrected chi connectivity index (χ3v) is 10.9. The van der Waals surface area contributed by atoms with E-state index in [1.165, 1.54) is 66.3 Å². The summed E-state index contributed by atoms with van der Waals surface area (Å²) in [5.74, 6) is 0. The number of anilines is 6. The number of hydrogen-bond donors (Lipinski definition) is 0. The van der Waals surface area contributed by atoms with Crippen molar-refractivity contribution in [2.24, 2.45) is 0 Å². The van der Waals surface area contributed by atoms with Crippen LogP contribution in [0.3, 0.4) is 0 Å². The van der Waals surface area contributed by atoms with Gasteiger partial charge >= 0.3 is 0 Å². The fourth-order valence-electron chi connectivity index (χ4n) is 8.34. The summed E-state index contributed by atoms with van der Waals surface area (Å²) >= 11 is 0. The fraction of sp³-hybridized carbons (Fsp3) is 0.0714. The number of aryl methyl sites for hydroxylation is 4. The first-order valence-corrected chi connectivity index (χ1v) is 20.1. The molecule has 0 atom stereocenters. The van der Waals surface area contributed by atoms with Crippen LogP contribution < -0.4 is 9.80 Å². The second kappa shape index (κ2) is 15.8. The molecule has 2 nitrogen and oxygen atoms in total. The predicted molar refractivity (Wildman–Crippen MR) is 251 cm³/mol. The molecule has 0 unspecified atom stereocenters. The van der Waals surface area contributed by atoms with Crippen LogP contribution in [0, 0.1) is 27.7 Å². The Hall–Kier alpha value is -7.16. The number of nitrogens with zero attached hydrogens (tertiary/aromatic N) is 2. The number of benzene rings is 9. The van der Waals surface area contributed by atoms with E-state index in [4.69, 9.17) is 0 Å². The first-order chi connectivity index (χ1) is 28.4. The molecule has 0 aromatic heterocycles. The van der Waals surface area contributed by atoms with Gasteiger partial charge < -0.3 is 9.80 Å². The van der Waals surface area contributed by atoms with Crippen LogP contribution >= 0.6 is 0 Å². The van der Waals surface area contributed by atoms with E-state index in [2.05, 4.69) is 244 Å². The van der Waals surface area contributed by atoms with Crippen LogP contribution in [0.4, 0.5) is 34.1 Å². The van der Waals surface area contributed by atoms with Crippen LogP contribution in [0.25, 0.3) is 44.8 Å². The Labute approximate surface area is 342 Å². The van der Waals surface area contributed by atoms with Gasteiger partial charge in [-0.05, 0) is 144 Å². The van der Waals surface area contributed by atoms with E-state index in [0.717, 1.165) is 33.9 Å². The largest absolute Gasteiger partial charge is 0.310 e. The van der Waals surface area contributed by atoms with Crippen LogP contribution in [0.2, 0.25) is 0 Å². The first-order valence-electron chi connectivity index (χ1n) is 20.1. The van der Waals surface area contributed by atoms with Crippen molar-refractivity contribution in [3.63, 3.8) is 0 Å². The maximum Gasteiger partial charge on any atom is 0.0540 e. The molecule has 0 saturated carbocycles. The van der Waals surface area contributed by atoms with Gasteiger partial charge in [0.25, 0.3) is 0 Å². The third-order valence-electron chi connectivity index (χ3n) is 10.9. The highest BCUT2D eigenvalue weighted by atomic mass is 15.1. The zero-order valence-electron chi connectivity index (χ0n) is 33.5. The van der Waals surface area contributed by atoms with Gasteiger partial charge in [-0.15, -0.1) is 0 Å². The highest BCUT2D eigenvalue weighted by molar-refractivity contribution is 6.00. The highest BCUT2D eigenvalue weighted by Gasteiger charge is 2.18. The standard InChI is InChI=1S/C56H46N2/c1-39-33-40(2)36-51(35-39)57(55-17-9-13-47-11-5-7-15-53(47)55)49-29-23-44(24-30-49)20-19-43-21-25-45(26-22-43)46-27-31-50(32-28-46)58(52-37-41(3)34-42(4)38-52)56-18-10-14-48-12-6-8-16-54(48)56/h5-38H,1-4H3. The molecule has 2 heteroatoms. The molecule has 0 amide bonds. The highest BCUT2D eigenvalue weighted by Crippen LogP contribution is 2.41. The molecule has 9 aromatic carbocycles. The molecule has 0 aliphatic carbocycles. The van der Waals surface area contributed by atoms with Crippen LogP contribution in [0.1, 0.15) is 33.4 Å². The summed E-state index contributed by atoms with van der Waals surface area (Å²) in [6, 6.07) is 70.6. The van der Waals surface area contributed by atoms with Crippen molar-refractivity contribution >= 4 is 67.8 Å². The topological polar surface area (TPSA) is 6.48 Å². The second-order valence-electron chi connectivity index (χ2n) is 15.5. The van der Waals surface area contributed by atoms with Crippen molar-refractivity contribution in [3.05, 3.63) is 228 Å². The van der Waals surface area contributed by atoms with Crippen molar-refractivity contribution < 1.29 is 0 Å². The van der Waals surface area contributed by atoms with Gasteiger partial charge in [0, 0.05) is 33.5 Å². The van der Waals surface area contributed by atoms with Gasteiger partial charge in [0.1, 0.15) is 0 Å². The molecular formula is C56H46N2. The van der Waals surface area contributed by atoms with Crippen molar-refractivity contribution in [1.82, 2.24) is 0 Å². The van der Waals surface area contributed by atoms with E-state index in [0.29, 0.717) is 0 Å². The van der Waals surface area contributed by atoms with Crippen molar-refractivity contribution in [2.75, 3.05) is 9.80 Å². The summed E-state index contributed by atoms with van der Waals surface area (Å²) in [6.45, 7) is 8.68. The zero-order chi connectivity index (χ0) is 39.6. The van der Waals surface area contributed by atoms with E-state index in [1.807, 2.05) is 0 Å². The molecule has 0 bridgehead atoms. The number of rotatable bonds is 9. The van der Waals surface area contributed by atoms with Crippen molar-refractivity contribution in [3.8, 4) is 11.1 Å². The molecule has 0 saturated heterocycles. The van der Waals surface area contributed by atoms with Gasteiger partial charge in [-0.1, -0.05) is 146 Å². The van der Waals surface area contributed by atoms with Gasteiger partial charge in [-0.3, -0.25) is 0 Å². The van der Waals surface area contributed by atoms with Gasteiger partial charge in [0.05, 0.1) is 11.4 Å². The average molecular weight is 747 g/mol. The lowest BCUT2D eigenvalue weighted by Crippen LogP contribution is -2.11. The lowest BCUT2D eigenvalue weighted by molar-refractivity contribution is 1.26. The third kappa shape index (κ3) is 7.53. The Kier molecular flexibility index (Phi) is 9.91. The average Bonchev–Trinajstić information content (AvgIpc) is 3.24. The fourth-order valence-corrected chi connectivity index (χ4v) is 8.34. The summed E-state index contributed by atoms with van der Waals surface area (Å²) in [6.07, 6.45) is 4.39. The minimum absolute atomic E-state index is 1.13. The molecule has 9 rings (SSSR count). The van der Waals surface area contributed by atoms with E-state index < -0.39 is 0 Å². The Bertz CT molecular complexity index is 2870. The molecule has 0 aliphatic rings. The van der Waals surface area contributed by atoms with Crippen LogP contribution in [0.5, 0.6) is 0 Å². The molecule has 0 radical (unpaired) electrons. The molecule has 0 fully saturated rings. The Morgan fingerprint density at radius 3 is 1.09 bits per heavy atom. The minimum Gasteiger partial charge on any atom is -0.310 e. The van der Waals surface area contributed by atoms with E-state index >= 15 is 0 Å². The van der Waals surface area contributed by atoms with Gasteiger partial charge in [0.15, 0.2) is 0 Å². The summed E-state index contributed by atoms with van der Waals surface area (Å²) in [7, 11) is 0. The Morgan fingerprint density at radius 2 is 0.655 bits per heavy atom. The summed E-state index contributed by atoms with van der Waals surface area (Å²) in [5.41, 5.74) is 16.6. The molecular weight excluding hydrogens is 701 g/mol. The molecule has 9 aromatic rings. The number of fused-ring (bicyclic) bond motifs is 2. The van der Waals surface area contributed by atoms with E-state index in [1.54, 1.807) is 0 Å². The molecule has 0 spiro atoms. The maximum absolute atomic E-state index is 2.39. The molecule has 0 heterocycles. The number of hydrogen-bond acceptors (Lipinski definition) is 2. The maximum atomic E-state index is 2.39. The zero-order valence-corrected chi connectivity index (χ0v) is 33.5. The predicted octanol–water partition coefficient (Wildman–Crippen LogP) is 16.0. The lowest BCUT2D eigenvalue weighted by Gasteiger charge is -2.27. The SMILES string of the molecule is Cc1cc(C)cc(N(c2ccc(C=Cc3ccc(-c4ccc(N(c5cc(C)cc(C)c5)c5cccc6ccccc56)cc4)cc3)cc2)c2cccc3ccccc23)c1. The van der Waals surface area contributed by atoms with E-state index in [9.17, 15) is 0 Å². The molecule has 0 N–H and O–H groups in total. The quantitative estimate of drug-likeness (QED) is 0.136. The van der Waals surface area contributed by atoms with E-state index in [-0.39, 0.29) is 0 Å². The van der Waals surface area contributed by atoms with Crippen LogP contribution in [-0.2, 0) is 0 Å². The normalized spacial score (nSPS) is 11.4.